The Bertz CT molecular complexity index is 3080. The molecule has 58 heavy (non-hydrogen) atoms. The van der Waals surface area contributed by atoms with Crippen LogP contribution in [0.3, 0.4) is 0 Å². The van der Waals surface area contributed by atoms with Crippen LogP contribution in [-0.2, 0) is 19.3 Å². The number of nitrogens with zero attached hydrogens (tertiary/aromatic N) is 3. The molecule has 3 nitrogen and oxygen atoms in total. The first-order chi connectivity index (χ1) is 28.6. The Kier molecular flexibility index (Phi) is 8.78. The van der Waals surface area contributed by atoms with E-state index in [1.54, 1.807) is 0 Å². The average Bonchev–Trinajstić information content (AvgIpc) is 3.62. The van der Waals surface area contributed by atoms with E-state index in [2.05, 4.69) is 193 Å². The molecular formula is C55H39N3. The Hall–Kier alpha value is -7.46. The highest BCUT2D eigenvalue weighted by Gasteiger charge is 2.29. The molecule has 1 atom stereocenters. The number of rotatable bonds is 7. The molecule has 1 aliphatic carbocycles. The van der Waals surface area contributed by atoms with Gasteiger partial charge in [0, 0.05) is 16.7 Å². The first-order valence-electron chi connectivity index (χ1n) is 20.0. The van der Waals surface area contributed by atoms with Crippen LogP contribution in [0.2, 0.25) is 0 Å². The highest BCUT2D eigenvalue weighted by Crippen LogP contribution is 2.46. The van der Waals surface area contributed by atoms with E-state index < -0.39 is 0 Å². The third kappa shape index (κ3) is 5.88. The highest BCUT2D eigenvalue weighted by molar-refractivity contribution is 6.09. The number of nitriles is 2. The molecule has 9 aromatic rings. The summed E-state index contributed by atoms with van der Waals surface area (Å²) < 4.78 is 2.42. The fourth-order valence-electron chi connectivity index (χ4n) is 9.43. The number of fused-ring (bicyclic) bond motifs is 6. The minimum absolute atomic E-state index is 0.0774. The van der Waals surface area contributed by atoms with Crippen LogP contribution in [0.15, 0.2) is 176 Å². The van der Waals surface area contributed by atoms with E-state index in [9.17, 15) is 10.5 Å². The summed E-state index contributed by atoms with van der Waals surface area (Å²) in [5, 5.41) is 23.1. The Balaban J connectivity index is 1.01. The van der Waals surface area contributed by atoms with E-state index in [1.807, 2.05) is 6.07 Å². The van der Waals surface area contributed by atoms with Gasteiger partial charge in [0.25, 0.3) is 0 Å². The van der Waals surface area contributed by atoms with Gasteiger partial charge in [-0.15, -0.1) is 0 Å². The minimum atomic E-state index is 0.0774. The second-order valence-electron chi connectivity index (χ2n) is 15.4. The zero-order chi connectivity index (χ0) is 39.2. The van der Waals surface area contributed by atoms with Gasteiger partial charge in [-0.05, 0) is 123 Å². The summed E-state index contributed by atoms with van der Waals surface area (Å²) >= 11 is 0. The molecule has 10 rings (SSSR count). The molecule has 1 aromatic heterocycles. The van der Waals surface area contributed by atoms with Crippen molar-refractivity contribution in [2.75, 3.05) is 0 Å². The van der Waals surface area contributed by atoms with Gasteiger partial charge in [-0.25, -0.2) is 0 Å². The van der Waals surface area contributed by atoms with Gasteiger partial charge in [0.2, 0.25) is 0 Å². The summed E-state index contributed by atoms with van der Waals surface area (Å²) in [7, 11) is 0. The summed E-state index contributed by atoms with van der Waals surface area (Å²) in [6.45, 7) is 2.16. The van der Waals surface area contributed by atoms with Gasteiger partial charge in [-0.2, -0.15) is 10.5 Å². The SMILES string of the molecule is Cc1ccccc1-c1ccccc1CCc1cccc(-c2ccc(C3Cc4c(cccc4-n4c5ccccc5c5ccccc54)-c4cc(C#N)ccc43)cc2)c1C#N. The van der Waals surface area contributed by atoms with Crippen molar-refractivity contribution in [1.29, 1.82) is 10.5 Å². The number of aromatic nitrogens is 1. The Morgan fingerprint density at radius 3 is 1.90 bits per heavy atom. The highest BCUT2D eigenvalue weighted by atomic mass is 15.0. The molecule has 1 unspecified atom stereocenters. The molecule has 8 aromatic carbocycles. The molecule has 0 saturated heterocycles. The van der Waals surface area contributed by atoms with Gasteiger partial charge < -0.3 is 4.57 Å². The average molecular weight is 742 g/mol. The Morgan fingerprint density at radius 2 is 1.16 bits per heavy atom. The molecule has 0 fully saturated rings. The van der Waals surface area contributed by atoms with E-state index in [0.717, 1.165) is 47.1 Å². The summed E-state index contributed by atoms with van der Waals surface area (Å²) in [5.41, 5.74) is 19.0. The lowest BCUT2D eigenvalue weighted by Gasteiger charge is -2.30. The number of benzene rings is 8. The number of hydrogen-bond acceptors (Lipinski definition) is 2. The van der Waals surface area contributed by atoms with Crippen molar-refractivity contribution >= 4 is 21.8 Å². The van der Waals surface area contributed by atoms with Gasteiger partial charge in [-0.3, -0.25) is 0 Å². The second-order valence-corrected chi connectivity index (χ2v) is 15.4. The van der Waals surface area contributed by atoms with Crippen LogP contribution < -0.4 is 0 Å². The predicted molar refractivity (Wildman–Crippen MR) is 237 cm³/mol. The van der Waals surface area contributed by atoms with E-state index in [-0.39, 0.29) is 5.92 Å². The van der Waals surface area contributed by atoms with E-state index in [4.69, 9.17) is 0 Å². The van der Waals surface area contributed by atoms with Crippen molar-refractivity contribution in [2.24, 2.45) is 0 Å². The fraction of sp³-hybridized carbons (Fsp3) is 0.0909. The van der Waals surface area contributed by atoms with E-state index in [0.29, 0.717) is 5.56 Å². The summed E-state index contributed by atoms with van der Waals surface area (Å²) in [4.78, 5) is 0. The zero-order valence-corrected chi connectivity index (χ0v) is 32.3. The lowest BCUT2D eigenvalue weighted by Crippen LogP contribution is -2.15. The number of para-hydroxylation sites is 2. The zero-order valence-electron chi connectivity index (χ0n) is 32.3. The van der Waals surface area contributed by atoms with Crippen molar-refractivity contribution in [3.63, 3.8) is 0 Å². The van der Waals surface area contributed by atoms with Crippen molar-refractivity contribution in [1.82, 2.24) is 4.57 Å². The quantitative estimate of drug-likeness (QED) is 0.163. The second kappa shape index (κ2) is 14.6. The summed E-state index contributed by atoms with van der Waals surface area (Å²) in [5.74, 6) is 0.0774. The molecule has 3 heteroatoms. The van der Waals surface area contributed by atoms with E-state index in [1.165, 1.54) is 72.0 Å². The van der Waals surface area contributed by atoms with E-state index >= 15 is 0 Å². The topological polar surface area (TPSA) is 52.5 Å². The maximum atomic E-state index is 10.6. The van der Waals surface area contributed by atoms with Crippen LogP contribution in [0.4, 0.5) is 0 Å². The molecule has 0 N–H and O–H groups in total. The van der Waals surface area contributed by atoms with Gasteiger partial charge in [0.05, 0.1) is 33.9 Å². The Labute approximate surface area is 339 Å². The molecule has 274 valence electrons. The van der Waals surface area contributed by atoms with Crippen molar-refractivity contribution in [3.8, 4) is 51.2 Å². The van der Waals surface area contributed by atoms with Gasteiger partial charge in [0.15, 0.2) is 0 Å². The predicted octanol–water partition coefficient (Wildman–Crippen LogP) is 13.3. The Morgan fingerprint density at radius 1 is 0.534 bits per heavy atom. The normalized spacial score (nSPS) is 13.1. The first kappa shape index (κ1) is 35.0. The molecule has 0 saturated carbocycles. The fourth-order valence-corrected chi connectivity index (χ4v) is 9.43. The van der Waals surface area contributed by atoms with Crippen LogP contribution in [0.25, 0.3) is 60.9 Å². The minimum Gasteiger partial charge on any atom is -0.309 e. The van der Waals surface area contributed by atoms with Crippen LogP contribution >= 0.6 is 0 Å². The standard InChI is InChI=1S/C55H39N3/c1-36-12-2-4-15-42(36)43-16-5-3-13-38(43)25-26-39-14-10-19-44(52(39)35-57)40-27-29-41(30-28-40)49-33-51-45(50-32-37(34-56)24-31-46(49)50)20-11-23-55(51)58-53-21-8-6-17-47(53)48-18-7-9-22-54(48)58/h2-24,27-32,49H,25-26,33H2,1H3. The maximum Gasteiger partial charge on any atom is 0.100 e. The largest absolute Gasteiger partial charge is 0.309 e. The lowest BCUT2D eigenvalue weighted by atomic mass is 9.74. The van der Waals surface area contributed by atoms with Crippen molar-refractivity contribution < 1.29 is 0 Å². The molecule has 1 aliphatic rings. The smallest absolute Gasteiger partial charge is 0.100 e. The lowest BCUT2D eigenvalue weighted by molar-refractivity contribution is 0.788. The first-order valence-corrected chi connectivity index (χ1v) is 20.0. The van der Waals surface area contributed by atoms with Gasteiger partial charge >= 0.3 is 0 Å². The molecular weight excluding hydrogens is 703 g/mol. The van der Waals surface area contributed by atoms with Crippen molar-refractivity contribution in [2.45, 2.75) is 32.1 Å². The van der Waals surface area contributed by atoms with Crippen LogP contribution in [0.5, 0.6) is 0 Å². The molecule has 0 amide bonds. The number of aryl methyl sites for hydroxylation is 3. The summed E-state index contributed by atoms with van der Waals surface area (Å²) in [6, 6.07) is 67.3. The molecule has 1 heterocycles. The van der Waals surface area contributed by atoms with Crippen LogP contribution in [0, 0.1) is 29.6 Å². The summed E-state index contributed by atoms with van der Waals surface area (Å²) in [6.07, 6.45) is 2.43. The molecule has 0 bridgehead atoms. The van der Waals surface area contributed by atoms with Gasteiger partial charge in [0.1, 0.15) is 6.07 Å². The molecule has 0 spiro atoms. The maximum absolute atomic E-state index is 10.6. The molecule has 0 radical (unpaired) electrons. The third-order valence-corrected chi connectivity index (χ3v) is 12.2. The van der Waals surface area contributed by atoms with Gasteiger partial charge in [-0.1, -0.05) is 146 Å². The number of hydrogen-bond donors (Lipinski definition) is 0. The van der Waals surface area contributed by atoms with Crippen LogP contribution in [0.1, 0.15) is 50.4 Å². The van der Waals surface area contributed by atoms with Crippen LogP contribution in [-0.4, -0.2) is 4.57 Å². The monoisotopic (exact) mass is 741 g/mol. The molecule has 0 aliphatic heterocycles. The third-order valence-electron chi connectivity index (χ3n) is 12.2. The van der Waals surface area contributed by atoms with Crippen molar-refractivity contribution in [3.05, 3.63) is 220 Å².